The number of nitrogens with two attached hydrogens (primary N) is 1. The van der Waals surface area contributed by atoms with Crippen LogP contribution in [-0.2, 0) is 10.2 Å². The molecule has 1 aromatic carbocycles. The number of anilines is 1. The van der Waals surface area contributed by atoms with Crippen LogP contribution in [0.2, 0.25) is 0 Å². The van der Waals surface area contributed by atoms with E-state index in [0.717, 1.165) is 4.31 Å². The molecule has 0 fully saturated rings. The second-order valence-corrected chi connectivity index (χ2v) is 6.05. The smallest absolute Gasteiger partial charge is 0.303 e. The maximum absolute atomic E-state index is 12.9. The molecule has 0 amide bonds. The van der Waals surface area contributed by atoms with E-state index in [1.807, 2.05) is 0 Å². The van der Waals surface area contributed by atoms with Crippen LogP contribution in [0.1, 0.15) is 6.42 Å². The van der Waals surface area contributed by atoms with Crippen molar-refractivity contribution >= 4 is 15.9 Å². The predicted octanol–water partition coefficient (Wildman–Crippen LogP) is 0.787. The third-order valence-electron chi connectivity index (χ3n) is 2.42. The van der Waals surface area contributed by atoms with Gasteiger partial charge in [-0.15, -0.1) is 0 Å². The molecule has 0 aromatic heterocycles. The quantitative estimate of drug-likeness (QED) is 0.834. The van der Waals surface area contributed by atoms with Crippen molar-refractivity contribution in [3.05, 3.63) is 30.1 Å². The van der Waals surface area contributed by atoms with Gasteiger partial charge in [0.25, 0.3) is 0 Å². The predicted molar refractivity (Wildman–Crippen MR) is 70.0 cm³/mol. The van der Waals surface area contributed by atoms with E-state index >= 15 is 0 Å². The zero-order valence-electron chi connectivity index (χ0n) is 10.5. The molecule has 0 saturated heterocycles. The van der Waals surface area contributed by atoms with Gasteiger partial charge >= 0.3 is 10.2 Å². The van der Waals surface area contributed by atoms with Crippen LogP contribution in [0, 0.1) is 5.82 Å². The minimum atomic E-state index is -3.59. The Hall–Kier alpha value is -1.18. The van der Waals surface area contributed by atoms with Crippen LogP contribution in [-0.4, -0.2) is 39.9 Å². The van der Waals surface area contributed by atoms with E-state index in [9.17, 15) is 12.8 Å². The third-order valence-corrected chi connectivity index (χ3v) is 4.29. The van der Waals surface area contributed by atoms with Gasteiger partial charge in [-0.3, -0.25) is 4.31 Å². The van der Waals surface area contributed by atoms with E-state index in [1.54, 1.807) is 0 Å². The number of nitrogens with zero attached hydrogens (tertiary/aromatic N) is 2. The molecule has 0 unspecified atom stereocenters. The van der Waals surface area contributed by atoms with Crippen LogP contribution in [0.15, 0.2) is 24.3 Å². The van der Waals surface area contributed by atoms with Gasteiger partial charge < -0.3 is 5.73 Å². The van der Waals surface area contributed by atoms with Crippen molar-refractivity contribution in [2.75, 3.05) is 31.5 Å². The van der Waals surface area contributed by atoms with Crippen molar-refractivity contribution in [2.45, 2.75) is 6.42 Å². The first-order valence-corrected chi connectivity index (χ1v) is 6.95. The molecular weight excluding hydrogens is 257 g/mol. The van der Waals surface area contributed by atoms with Crippen LogP contribution in [0.3, 0.4) is 0 Å². The van der Waals surface area contributed by atoms with Gasteiger partial charge in [-0.1, -0.05) is 0 Å². The van der Waals surface area contributed by atoms with Gasteiger partial charge in [0.1, 0.15) is 5.82 Å². The molecule has 7 heteroatoms. The first kappa shape index (κ1) is 14.9. The zero-order valence-corrected chi connectivity index (χ0v) is 11.3. The molecule has 0 bridgehead atoms. The molecule has 0 radical (unpaired) electrons. The maximum atomic E-state index is 12.9. The first-order chi connectivity index (χ1) is 8.39. The SMILES string of the molecule is CN(C)S(=O)(=O)N(CCCN)c1ccc(F)cc1. The van der Waals surface area contributed by atoms with Gasteiger partial charge in [-0.05, 0) is 37.2 Å². The monoisotopic (exact) mass is 275 g/mol. The van der Waals surface area contributed by atoms with E-state index < -0.39 is 16.0 Å². The summed E-state index contributed by atoms with van der Waals surface area (Å²) in [7, 11) is -0.683. The van der Waals surface area contributed by atoms with Crippen molar-refractivity contribution in [1.29, 1.82) is 0 Å². The standard InChI is InChI=1S/C11H18FN3O2S/c1-14(2)18(16,17)15(9-3-8-13)11-6-4-10(12)5-7-11/h4-7H,3,8-9,13H2,1-2H3. The van der Waals surface area contributed by atoms with Gasteiger partial charge in [-0.2, -0.15) is 12.7 Å². The van der Waals surface area contributed by atoms with Crippen LogP contribution >= 0.6 is 0 Å². The summed E-state index contributed by atoms with van der Waals surface area (Å²) in [5.74, 6) is -0.403. The fourth-order valence-corrected chi connectivity index (χ4v) is 2.56. The maximum Gasteiger partial charge on any atom is 0.303 e. The first-order valence-electron chi connectivity index (χ1n) is 5.55. The number of halogens is 1. The summed E-state index contributed by atoms with van der Waals surface area (Å²) in [5.41, 5.74) is 5.83. The summed E-state index contributed by atoms with van der Waals surface area (Å²) in [6.45, 7) is 0.656. The van der Waals surface area contributed by atoms with Crippen LogP contribution in [0.5, 0.6) is 0 Å². The fourth-order valence-electron chi connectivity index (χ4n) is 1.42. The summed E-state index contributed by atoms with van der Waals surface area (Å²) < 4.78 is 39.5. The Kier molecular flexibility index (Phi) is 5.06. The molecule has 0 heterocycles. The topological polar surface area (TPSA) is 66.6 Å². The Labute approximate surface area is 107 Å². The molecule has 102 valence electrons. The normalized spacial score (nSPS) is 11.8. The van der Waals surface area contributed by atoms with Crippen molar-refractivity contribution in [1.82, 2.24) is 4.31 Å². The highest BCUT2D eigenvalue weighted by atomic mass is 32.2. The lowest BCUT2D eigenvalue weighted by Crippen LogP contribution is -2.41. The molecule has 0 saturated carbocycles. The van der Waals surface area contributed by atoms with Crippen molar-refractivity contribution < 1.29 is 12.8 Å². The van der Waals surface area contributed by atoms with Gasteiger partial charge in [0, 0.05) is 20.6 Å². The molecule has 18 heavy (non-hydrogen) atoms. The lowest BCUT2D eigenvalue weighted by Gasteiger charge is -2.27. The lowest BCUT2D eigenvalue weighted by atomic mass is 10.3. The van der Waals surface area contributed by atoms with E-state index in [-0.39, 0.29) is 6.54 Å². The van der Waals surface area contributed by atoms with Gasteiger partial charge in [0.15, 0.2) is 0 Å². The fraction of sp³-hybridized carbons (Fsp3) is 0.455. The van der Waals surface area contributed by atoms with Crippen molar-refractivity contribution in [3.63, 3.8) is 0 Å². The van der Waals surface area contributed by atoms with Gasteiger partial charge in [0.05, 0.1) is 5.69 Å². The van der Waals surface area contributed by atoms with Crippen molar-refractivity contribution in [2.24, 2.45) is 5.73 Å². The average molecular weight is 275 g/mol. The van der Waals surface area contributed by atoms with E-state index in [4.69, 9.17) is 5.73 Å². The molecular formula is C11H18FN3O2S. The van der Waals surface area contributed by atoms with Crippen LogP contribution in [0.4, 0.5) is 10.1 Å². The minimum absolute atomic E-state index is 0.267. The summed E-state index contributed by atoms with van der Waals surface area (Å²) in [5, 5.41) is 0. The van der Waals surface area contributed by atoms with E-state index in [1.165, 1.54) is 42.7 Å². The second kappa shape index (κ2) is 6.12. The molecule has 0 aliphatic heterocycles. The number of hydrogen-bond donors (Lipinski definition) is 1. The number of rotatable bonds is 6. The molecule has 0 atom stereocenters. The van der Waals surface area contributed by atoms with Gasteiger partial charge in [-0.25, -0.2) is 4.39 Å². The Bertz CT molecular complexity index is 474. The van der Waals surface area contributed by atoms with Crippen molar-refractivity contribution in [3.8, 4) is 0 Å². The average Bonchev–Trinajstić information content (AvgIpc) is 2.31. The van der Waals surface area contributed by atoms with E-state index in [0.29, 0.717) is 18.7 Å². The zero-order chi connectivity index (χ0) is 13.8. The Morgan fingerprint density at radius 2 is 1.78 bits per heavy atom. The summed E-state index contributed by atoms with van der Waals surface area (Å²) in [4.78, 5) is 0. The number of benzene rings is 1. The van der Waals surface area contributed by atoms with Gasteiger partial charge in [0.2, 0.25) is 0 Å². The molecule has 0 spiro atoms. The summed E-state index contributed by atoms with van der Waals surface area (Å²) in [6.07, 6.45) is 0.532. The summed E-state index contributed by atoms with van der Waals surface area (Å²) in [6, 6.07) is 5.34. The van der Waals surface area contributed by atoms with Crippen LogP contribution < -0.4 is 10.0 Å². The molecule has 1 rings (SSSR count). The third kappa shape index (κ3) is 3.41. The molecule has 0 aliphatic rings. The summed E-state index contributed by atoms with van der Waals surface area (Å²) >= 11 is 0. The molecule has 2 N–H and O–H groups in total. The molecule has 1 aromatic rings. The molecule has 0 aliphatic carbocycles. The highest BCUT2D eigenvalue weighted by molar-refractivity contribution is 7.90. The Morgan fingerprint density at radius 1 is 1.22 bits per heavy atom. The highest BCUT2D eigenvalue weighted by Crippen LogP contribution is 2.20. The largest absolute Gasteiger partial charge is 0.330 e. The number of hydrogen-bond acceptors (Lipinski definition) is 3. The van der Waals surface area contributed by atoms with E-state index in [2.05, 4.69) is 0 Å². The highest BCUT2D eigenvalue weighted by Gasteiger charge is 2.24. The Morgan fingerprint density at radius 3 is 2.22 bits per heavy atom. The lowest BCUT2D eigenvalue weighted by molar-refractivity contribution is 0.514. The Balaban J connectivity index is 3.09. The molecule has 5 nitrogen and oxygen atoms in total. The van der Waals surface area contributed by atoms with Crippen LogP contribution in [0.25, 0.3) is 0 Å². The second-order valence-electron chi connectivity index (χ2n) is 3.98. The minimum Gasteiger partial charge on any atom is -0.330 e.